The Morgan fingerprint density at radius 2 is 1.77 bits per heavy atom. The first kappa shape index (κ1) is 20.6. The highest BCUT2D eigenvalue weighted by molar-refractivity contribution is 8.00. The highest BCUT2D eigenvalue weighted by atomic mass is 32.2. The van der Waals surface area contributed by atoms with E-state index in [0.717, 1.165) is 22.1 Å². The topological polar surface area (TPSA) is 88.9 Å². The molecule has 2 amide bonds. The maximum absolute atomic E-state index is 12.9. The number of fused-ring (bicyclic) bond motifs is 1. The van der Waals surface area contributed by atoms with Crippen LogP contribution < -0.4 is 10.6 Å². The van der Waals surface area contributed by atoms with E-state index in [1.165, 1.54) is 18.7 Å². The van der Waals surface area contributed by atoms with Crippen LogP contribution in [0.4, 0.5) is 11.4 Å². The van der Waals surface area contributed by atoms with Gasteiger partial charge in [-0.3, -0.25) is 14.2 Å². The molecule has 1 unspecified atom stereocenters. The Labute approximate surface area is 183 Å². The van der Waals surface area contributed by atoms with Gasteiger partial charge in [0.1, 0.15) is 6.33 Å². The van der Waals surface area contributed by atoms with Gasteiger partial charge in [-0.2, -0.15) is 0 Å². The highest BCUT2D eigenvalue weighted by Gasteiger charge is 2.19. The fourth-order valence-corrected chi connectivity index (χ4v) is 4.04. The zero-order chi connectivity index (χ0) is 21.8. The summed E-state index contributed by atoms with van der Waals surface area (Å²) in [6.07, 6.45) is 1.59. The van der Waals surface area contributed by atoms with E-state index in [1.807, 2.05) is 73.7 Å². The average molecular weight is 432 g/mol. The normalized spacial score (nSPS) is 11.8. The van der Waals surface area contributed by atoms with E-state index in [1.54, 1.807) is 10.9 Å². The Hall–Kier alpha value is -3.65. The second kappa shape index (κ2) is 9.01. The van der Waals surface area contributed by atoms with Gasteiger partial charge in [-0.25, -0.2) is 0 Å². The Morgan fingerprint density at radius 3 is 2.61 bits per heavy atom. The summed E-state index contributed by atoms with van der Waals surface area (Å²) in [6, 6.07) is 21.1. The molecule has 0 fully saturated rings. The van der Waals surface area contributed by atoms with Crippen molar-refractivity contribution in [1.29, 1.82) is 0 Å². The maximum Gasteiger partial charge on any atom is 0.237 e. The van der Waals surface area contributed by atoms with E-state index >= 15 is 0 Å². The molecule has 2 N–H and O–H groups in total. The molecule has 3 aromatic carbocycles. The third kappa shape index (κ3) is 4.75. The molecule has 0 bridgehead atoms. The van der Waals surface area contributed by atoms with Crippen LogP contribution in [0.15, 0.2) is 78.2 Å². The second-order valence-corrected chi connectivity index (χ2v) is 8.30. The van der Waals surface area contributed by atoms with E-state index in [0.29, 0.717) is 10.8 Å². The predicted octanol–water partition coefficient (Wildman–Crippen LogP) is 4.50. The van der Waals surface area contributed by atoms with Crippen molar-refractivity contribution in [3.63, 3.8) is 0 Å². The Balaban J connectivity index is 1.51. The van der Waals surface area contributed by atoms with Crippen LogP contribution in [0, 0.1) is 0 Å². The van der Waals surface area contributed by atoms with Gasteiger partial charge in [0.25, 0.3) is 0 Å². The zero-order valence-electron chi connectivity index (χ0n) is 17.1. The van der Waals surface area contributed by atoms with Crippen molar-refractivity contribution in [2.24, 2.45) is 0 Å². The molecule has 0 saturated heterocycles. The lowest BCUT2D eigenvalue weighted by atomic mass is 10.1. The van der Waals surface area contributed by atoms with Crippen molar-refractivity contribution in [2.45, 2.75) is 24.3 Å². The van der Waals surface area contributed by atoms with Gasteiger partial charge in [0.05, 0.1) is 10.9 Å². The van der Waals surface area contributed by atoms with Crippen LogP contribution >= 0.6 is 11.8 Å². The first-order valence-corrected chi connectivity index (χ1v) is 10.6. The number of carbonyl (C=O) groups excluding carboxylic acids is 2. The minimum atomic E-state index is -0.402. The van der Waals surface area contributed by atoms with Gasteiger partial charge in [0, 0.05) is 23.7 Å². The fourth-order valence-electron chi connectivity index (χ4n) is 3.20. The van der Waals surface area contributed by atoms with E-state index < -0.39 is 5.25 Å². The molecule has 0 aliphatic rings. The number of anilines is 2. The van der Waals surface area contributed by atoms with Crippen LogP contribution in [-0.2, 0) is 9.59 Å². The van der Waals surface area contributed by atoms with E-state index in [9.17, 15) is 9.59 Å². The summed E-state index contributed by atoms with van der Waals surface area (Å²) < 4.78 is 1.79. The van der Waals surface area contributed by atoms with Gasteiger partial charge in [0.15, 0.2) is 5.16 Å². The molecule has 1 heterocycles. The lowest BCUT2D eigenvalue weighted by molar-refractivity contribution is -0.115. The van der Waals surface area contributed by atoms with E-state index in [2.05, 4.69) is 20.8 Å². The second-order valence-electron chi connectivity index (χ2n) is 6.99. The minimum absolute atomic E-state index is 0.122. The number of nitrogens with one attached hydrogen (secondary N) is 2. The standard InChI is InChI=1S/C23H21N5O2S/c1-15(22(30)26-21-12-5-8-17-7-3-4-11-20(17)21)31-23-27-24-14-28(23)19-10-6-9-18(13-19)25-16(2)29/h3-15H,1-2H3,(H,25,29)(H,26,30). The average Bonchev–Trinajstić information content (AvgIpc) is 3.22. The van der Waals surface area contributed by atoms with Crippen LogP contribution in [0.1, 0.15) is 13.8 Å². The smallest absolute Gasteiger partial charge is 0.237 e. The lowest BCUT2D eigenvalue weighted by Crippen LogP contribution is -2.23. The number of hydrogen-bond donors (Lipinski definition) is 2. The number of nitrogens with zero attached hydrogens (tertiary/aromatic N) is 3. The first-order valence-electron chi connectivity index (χ1n) is 9.74. The number of amides is 2. The molecule has 4 rings (SSSR count). The first-order chi connectivity index (χ1) is 15.0. The SMILES string of the molecule is CC(=O)Nc1cccc(-n2cnnc2SC(C)C(=O)Nc2cccc3ccccc23)c1. The molecule has 0 aliphatic heterocycles. The molecule has 0 aliphatic carbocycles. The summed E-state index contributed by atoms with van der Waals surface area (Å²) in [5, 5.41) is 16.2. The molecule has 1 aromatic heterocycles. The summed E-state index contributed by atoms with van der Waals surface area (Å²) in [5.74, 6) is -0.267. The van der Waals surface area contributed by atoms with Gasteiger partial charge in [-0.15, -0.1) is 10.2 Å². The fraction of sp³-hybridized carbons (Fsp3) is 0.130. The predicted molar refractivity (Wildman–Crippen MR) is 124 cm³/mol. The molecule has 7 nitrogen and oxygen atoms in total. The number of carbonyl (C=O) groups is 2. The van der Waals surface area contributed by atoms with Crippen LogP contribution in [0.25, 0.3) is 16.5 Å². The molecule has 0 spiro atoms. The third-order valence-electron chi connectivity index (χ3n) is 4.66. The van der Waals surface area contributed by atoms with Gasteiger partial charge in [-0.1, -0.05) is 54.2 Å². The molecule has 1 atom stereocenters. The Bertz CT molecular complexity index is 1250. The Morgan fingerprint density at radius 1 is 1.00 bits per heavy atom. The third-order valence-corrected chi connectivity index (χ3v) is 5.72. The summed E-state index contributed by atoms with van der Waals surface area (Å²) in [6.45, 7) is 3.29. The quantitative estimate of drug-likeness (QED) is 0.439. The maximum atomic E-state index is 12.9. The molecule has 0 radical (unpaired) electrons. The largest absolute Gasteiger partial charge is 0.326 e. The van der Waals surface area contributed by atoms with Crippen LogP contribution in [0.2, 0.25) is 0 Å². The van der Waals surface area contributed by atoms with Crippen molar-refractivity contribution >= 4 is 45.7 Å². The molecule has 156 valence electrons. The van der Waals surface area contributed by atoms with Gasteiger partial charge >= 0.3 is 0 Å². The Kier molecular flexibility index (Phi) is 5.99. The van der Waals surface area contributed by atoms with Gasteiger partial charge in [0.2, 0.25) is 11.8 Å². The highest BCUT2D eigenvalue weighted by Crippen LogP contribution is 2.27. The number of aromatic nitrogens is 3. The summed E-state index contributed by atoms with van der Waals surface area (Å²) in [4.78, 5) is 24.2. The summed E-state index contributed by atoms with van der Waals surface area (Å²) >= 11 is 1.31. The van der Waals surface area contributed by atoms with Crippen molar-refractivity contribution in [3.05, 3.63) is 73.1 Å². The number of rotatable bonds is 6. The van der Waals surface area contributed by atoms with Gasteiger partial charge in [-0.05, 0) is 36.6 Å². The van der Waals surface area contributed by atoms with Crippen molar-refractivity contribution < 1.29 is 9.59 Å². The molecule has 8 heteroatoms. The minimum Gasteiger partial charge on any atom is -0.326 e. The summed E-state index contributed by atoms with van der Waals surface area (Å²) in [7, 11) is 0. The summed E-state index contributed by atoms with van der Waals surface area (Å²) in [5.41, 5.74) is 2.25. The number of benzene rings is 3. The molecule has 4 aromatic rings. The van der Waals surface area contributed by atoms with Crippen molar-refractivity contribution in [2.75, 3.05) is 10.6 Å². The molecular weight excluding hydrogens is 410 g/mol. The molecule has 0 saturated carbocycles. The number of thioether (sulfide) groups is 1. The lowest BCUT2D eigenvalue weighted by Gasteiger charge is -2.14. The van der Waals surface area contributed by atoms with Crippen LogP contribution in [0.5, 0.6) is 0 Å². The van der Waals surface area contributed by atoms with Crippen molar-refractivity contribution in [1.82, 2.24) is 14.8 Å². The van der Waals surface area contributed by atoms with Crippen LogP contribution in [-0.4, -0.2) is 31.8 Å². The molecular formula is C23H21N5O2S. The van der Waals surface area contributed by atoms with Crippen molar-refractivity contribution in [3.8, 4) is 5.69 Å². The van der Waals surface area contributed by atoms with Crippen LogP contribution in [0.3, 0.4) is 0 Å². The van der Waals surface area contributed by atoms with Gasteiger partial charge < -0.3 is 10.6 Å². The number of hydrogen-bond acceptors (Lipinski definition) is 5. The van der Waals surface area contributed by atoms with E-state index in [-0.39, 0.29) is 11.8 Å². The zero-order valence-corrected chi connectivity index (χ0v) is 17.9. The molecule has 31 heavy (non-hydrogen) atoms. The van der Waals surface area contributed by atoms with E-state index in [4.69, 9.17) is 0 Å². The monoisotopic (exact) mass is 431 g/mol.